The lowest BCUT2D eigenvalue weighted by Crippen LogP contribution is -2.26. The number of rotatable bonds is 7. The van der Waals surface area contributed by atoms with Gasteiger partial charge < -0.3 is 15.4 Å². The molecule has 0 aromatic heterocycles. The number of anilines is 1. The monoisotopic (exact) mass is 388 g/mol. The topological polar surface area (TPSA) is 67.4 Å². The molecule has 0 heterocycles. The highest BCUT2D eigenvalue weighted by atomic mass is 16.5. The van der Waals surface area contributed by atoms with Gasteiger partial charge in [-0.15, -0.1) is 0 Å². The molecule has 0 bridgehead atoms. The van der Waals surface area contributed by atoms with Gasteiger partial charge >= 0.3 is 0 Å². The van der Waals surface area contributed by atoms with Crippen LogP contribution in [0.15, 0.2) is 78.9 Å². The maximum Gasteiger partial charge on any atom is 0.255 e. The molecule has 2 N–H and O–H groups in total. The number of nitrogens with one attached hydrogen (secondary N) is 2. The van der Waals surface area contributed by atoms with E-state index in [4.69, 9.17) is 4.74 Å². The lowest BCUT2D eigenvalue weighted by Gasteiger charge is -2.16. The SMILES string of the molecule is CCOc1cccc(C(C)NC(=O)c2ccc(NC(=O)c3ccccc3)cc2)c1. The minimum Gasteiger partial charge on any atom is -0.494 e. The molecular formula is C24H24N2O3. The molecule has 0 fully saturated rings. The Bertz CT molecular complexity index is 969. The molecule has 3 aromatic rings. The first kappa shape index (κ1) is 20.1. The number of ether oxygens (including phenoxy) is 1. The molecule has 29 heavy (non-hydrogen) atoms. The highest BCUT2D eigenvalue weighted by Crippen LogP contribution is 2.20. The zero-order valence-corrected chi connectivity index (χ0v) is 16.5. The second kappa shape index (κ2) is 9.55. The maximum atomic E-state index is 12.6. The Morgan fingerprint density at radius 2 is 1.55 bits per heavy atom. The van der Waals surface area contributed by atoms with Crippen LogP contribution in [0.2, 0.25) is 0 Å². The number of hydrogen-bond donors (Lipinski definition) is 2. The number of carbonyl (C=O) groups is 2. The molecule has 0 radical (unpaired) electrons. The molecule has 5 heteroatoms. The minimum absolute atomic E-state index is 0.166. The van der Waals surface area contributed by atoms with Gasteiger partial charge in [0.05, 0.1) is 12.6 Å². The van der Waals surface area contributed by atoms with E-state index < -0.39 is 0 Å². The van der Waals surface area contributed by atoms with Gasteiger partial charge in [-0.3, -0.25) is 9.59 Å². The number of carbonyl (C=O) groups excluding carboxylic acids is 2. The Balaban J connectivity index is 1.61. The van der Waals surface area contributed by atoms with Gasteiger partial charge in [0.1, 0.15) is 5.75 Å². The molecule has 0 spiro atoms. The van der Waals surface area contributed by atoms with Gasteiger partial charge in [0.15, 0.2) is 0 Å². The molecular weight excluding hydrogens is 364 g/mol. The van der Waals surface area contributed by atoms with Crippen LogP contribution in [0.3, 0.4) is 0 Å². The zero-order chi connectivity index (χ0) is 20.6. The fraction of sp³-hybridized carbons (Fsp3) is 0.167. The summed E-state index contributed by atoms with van der Waals surface area (Å²) < 4.78 is 5.52. The third-order valence-electron chi connectivity index (χ3n) is 4.46. The normalized spacial score (nSPS) is 11.4. The van der Waals surface area contributed by atoms with Gasteiger partial charge in [-0.25, -0.2) is 0 Å². The van der Waals surface area contributed by atoms with Gasteiger partial charge in [-0.1, -0.05) is 30.3 Å². The van der Waals surface area contributed by atoms with E-state index in [0.717, 1.165) is 11.3 Å². The van der Waals surface area contributed by atoms with Crippen molar-refractivity contribution in [3.8, 4) is 5.75 Å². The van der Waals surface area contributed by atoms with E-state index in [-0.39, 0.29) is 17.9 Å². The number of hydrogen-bond acceptors (Lipinski definition) is 3. The molecule has 3 aromatic carbocycles. The zero-order valence-electron chi connectivity index (χ0n) is 16.5. The fourth-order valence-electron chi connectivity index (χ4n) is 2.90. The minimum atomic E-state index is -0.189. The van der Waals surface area contributed by atoms with Crippen molar-refractivity contribution in [3.05, 3.63) is 95.6 Å². The summed E-state index contributed by atoms with van der Waals surface area (Å²) in [7, 11) is 0. The van der Waals surface area contributed by atoms with E-state index in [2.05, 4.69) is 10.6 Å². The molecule has 0 saturated carbocycles. The highest BCUT2D eigenvalue weighted by Gasteiger charge is 2.13. The molecule has 0 aliphatic carbocycles. The van der Waals surface area contributed by atoms with Crippen molar-refractivity contribution < 1.29 is 14.3 Å². The van der Waals surface area contributed by atoms with Crippen LogP contribution in [0.1, 0.15) is 46.2 Å². The van der Waals surface area contributed by atoms with Crippen molar-refractivity contribution in [2.24, 2.45) is 0 Å². The Hall–Kier alpha value is -3.60. The van der Waals surface area contributed by atoms with Gasteiger partial charge in [0.2, 0.25) is 0 Å². The molecule has 148 valence electrons. The average Bonchev–Trinajstić information content (AvgIpc) is 2.75. The van der Waals surface area contributed by atoms with Crippen molar-refractivity contribution >= 4 is 17.5 Å². The largest absolute Gasteiger partial charge is 0.494 e. The average molecular weight is 388 g/mol. The lowest BCUT2D eigenvalue weighted by atomic mass is 10.1. The summed E-state index contributed by atoms with van der Waals surface area (Å²) in [6, 6.07) is 23.3. The summed E-state index contributed by atoms with van der Waals surface area (Å²) in [5, 5.41) is 5.81. The molecule has 1 atom stereocenters. The van der Waals surface area contributed by atoms with Crippen LogP contribution in [0.4, 0.5) is 5.69 Å². The number of amides is 2. The maximum absolute atomic E-state index is 12.6. The third kappa shape index (κ3) is 5.45. The summed E-state index contributed by atoms with van der Waals surface area (Å²) in [5.74, 6) is 0.412. The molecule has 3 rings (SSSR count). The molecule has 0 aliphatic rings. The van der Waals surface area contributed by atoms with Crippen LogP contribution in [0, 0.1) is 0 Å². The van der Waals surface area contributed by atoms with Gasteiger partial charge in [-0.2, -0.15) is 0 Å². The Labute approximate surface area is 170 Å². The van der Waals surface area contributed by atoms with Gasteiger partial charge in [0, 0.05) is 16.8 Å². The molecule has 2 amide bonds. The van der Waals surface area contributed by atoms with Crippen molar-refractivity contribution in [2.75, 3.05) is 11.9 Å². The van der Waals surface area contributed by atoms with Crippen molar-refractivity contribution in [1.29, 1.82) is 0 Å². The van der Waals surface area contributed by atoms with E-state index in [1.54, 1.807) is 36.4 Å². The van der Waals surface area contributed by atoms with Gasteiger partial charge in [-0.05, 0) is 67.9 Å². The Morgan fingerprint density at radius 3 is 2.24 bits per heavy atom. The summed E-state index contributed by atoms with van der Waals surface area (Å²) >= 11 is 0. The standard InChI is InChI=1S/C24H24N2O3/c1-3-29-22-11-7-10-20(16-22)17(2)25-23(27)19-12-14-21(15-13-19)26-24(28)18-8-5-4-6-9-18/h4-17H,3H2,1-2H3,(H,25,27)(H,26,28). The van der Waals surface area contributed by atoms with Crippen molar-refractivity contribution in [3.63, 3.8) is 0 Å². The van der Waals surface area contributed by atoms with E-state index in [0.29, 0.717) is 23.4 Å². The van der Waals surface area contributed by atoms with E-state index in [1.807, 2.05) is 56.3 Å². The summed E-state index contributed by atoms with van der Waals surface area (Å²) in [6.07, 6.45) is 0. The van der Waals surface area contributed by atoms with Crippen molar-refractivity contribution in [1.82, 2.24) is 5.32 Å². The second-order valence-electron chi connectivity index (χ2n) is 6.60. The molecule has 5 nitrogen and oxygen atoms in total. The molecule has 0 saturated heterocycles. The van der Waals surface area contributed by atoms with Crippen LogP contribution < -0.4 is 15.4 Å². The van der Waals surface area contributed by atoms with Crippen LogP contribution in [-0.2, 0) is 0 Å². The Morgan fingerprint density at radius 1 is 0.862 bits per heavy atom. The van der Waals surface area contributed by atoms with Crippen LogP contribution in [0.5, 0.6) is 5.75 Å². The quantitative estimate of drug-likeness (QED) is 0.609. The summed E-state index contributed by atoms with van der Waals surface area (Å²) in [6.45, 7) is 4.46. The third-order valence-corrected chi connectivity index (χ3v) is 4.46. The lowest BCUT2D eigenvalue weighted by molar-refractivity contribution is 0.0939. The first-order valence-corrected chi connectivity index (χ1v) is 9.57. The Kier molecular flexibility index (Phi) is 6.63. The predicted molar refractivity (Wildman–Crippen MR) is 114 cm³/mol. The fourth-order valence-corrected chi connectivity index (χ4v) is 2.90. The van der Waals surface area contributed by atoms with Crippen molar-refractivity contribution in [2.45, 2.75) is 19.9 Å². The molecule has 1 unspecified atom stereocenters. The summed E-state index contributed by atoms with van der Waals surface area (Å²) in [5.41, 5.74) is 2.71. The van der Waals surface area contributed by atoms with E-state index in [1.165, 1.54) is 0 Å². The number of benzene rings is 3. The van der Waals surface area contributed by atoms with Crippen LogP contribution in [-0.4, -0.2) is 18.4 Å². The highest BCUT2D eigenvalue weighted by molar-refractivity contribution is 6.04. The van der Waals surface area contributed by atoms with Gasteiger partial charge in [0.25, 0.3) is 11.8 Å². The summed E-state index contributed by atoms with van der Waals surface area (Å²) in [4.78, 5) is 24.8. The van der Waals surface area contributed by atoms with E-state index in [9.17, 15) is 9.59 Å². The second-order valence-corrected chi connectivity index (χ2v) is 6.60. The van der Waals surface area contributed by atoms with Crippen LogP contribution in [0.25, 0.3) is 0 Å². The first-order chi connectivity index (χ1) is 14.1. The first-order valence-electron chi connectivity index (χ1n) is 9.57. The predicted octanol–water partition coefficient (Wildman–Crippen LogP) is 4.83. The van der Waals surface area contributed by atoms with E-state index >= 15 is 0 Å². The molecule has 0 aliphatic heterocycles. The smallest absolute Gasteiger partial charge is 0.255 e. The van der Waals surface area contributed by atoms with Crippen LogP contribution >= 0.6 is 0 Å².